The van der Waals surface area contributed by atoms with Crippen LogP contribution in [0.2, 0.25) is 0 Å². The zero-order valence-electron chi connectivity index (χ0n) is 9.41. The van der Waals surface area contributed by atoms with Crippen LogP contribution in [0.5, 0.6) is 0 Å². The van der Waals surface area contributed by atoms with Crippen molar-refractivity contribution in [1.82, 2.24) is 0 Å². The lowest BCUT2D eigenvalue weighted by Crippen LogP contribution is -2.15. The van der Waals surface area contributed by atoms with Gasteiger partial charge in [0, 0.05) is 6.42 Å². The molecular formula is C13H15F3O. The van der Waals surface area contributed by atoms with Gasteiger partial charge in [-0.2, -0.15) is 13.2 Å². The van der Waals surface area contributed by atoms with Gasteiger partial charge in [-0.05, 0) is 12.0 Å². The lowest BCUT2D eigenvalue weighted by molar-refractivity contribution is -0.140. The highest BCUT2D eigenvalue weighted by Crippen LogP contribution is 2.23. The van der Waals surface area contributed by atoms with E-state index >= 15 is 0 Å². The molecular weight excluding hydrogens is 229 g/mol. The van der Waals surface area contributed by atoms with Crippen molar-refractivity contribution in [2.75, 3.05) is 0 Å². The molecule has 0 radical (unpaired) electrons. The van der Waals surface area contributed by atoms with Crippen LogP contribution in [0.4, 0.5) is 13.2 Å². The smallest absolute Gasteiger partial charge is 0.369 e. The normalized spacial score (nSPS) is 13.4. The molecule has 0 aliphatic heterocycles. The van der Waals surface area contributed by atoms with Crippen molar-refractivity contribution < 1.29 is 17.9 Å². The topological polar surface area (TPSA) is 9.23 Å². The van der Waals surface area contributed by atoms with Gasteiger partial charge in [-0.25, -0.2) is 0 Å². The predicted molar refractivity (Wildman–Crippen MR) is 60.5 cm³/mol. The number of alkyl halides is 3. The summed E-state index contributed by atoms with van der Waals surface area (Å²) in [6.07, 6.45) is -4.22. The van der Waals surface area contributed by atoms with Gasteiger partial charge in [0.2, 0.25) is 0 Å². The SMILES string of the molecule is C=CC(CCC(F)(F)F)OCc1ccccc1. The van der Waals surface area contributed by atoms with Crippen LogP contribution in [-0.4, -0.2) is 12.3 Å². The third kappa shape index (κ3) is 6.12. The maximum absolute atomic E-state index is 12.0. The monoisotopic (exact) mass is 244 g/mol. The predicted octanol–water partition coefficient (Wildman–Crippen LogP) is 4.10. The van der Waals surface area contributed by atoms with Crippen molar-refractivity contribution in [2.24, 2.45) is 0 Å². The van der Waals surface area contributed by atoms with E-state index < -0.39 is 18.7 Å². The third-order valence-electron chi connectivity index (χ3n) is 2.28. The highest BCUT2D eigenvalue weighted by atomic mass is 19.4. The summed E-state index contributed by atoms with van der Waals surface area (Å²) in [6.45, 7) is 3.78. The van der Waals surface area contributed by atoms with Crippen LogP contribution in [-0.2, 0) is 11.3 Å². The summed E-state index contributed by atoms with van der Waals surface area (Å²) in [7, 11) is 0. The lowest BCUT2D eigenvalue weighted by Gasteiger charge is -2.15. The van der Waals surface area contributed by atoms with Crippen LogP contribution in [0.3, 0.4) is 0 Å². The Hall–Kier alpha value is -1.29. The molecule has 0 aliphatic rings. The fraction of sp³-hybridized carbons (Fsp3) is 0.385. The molecule has 0 aromatic heterocycles. The van der Waals surface area contributed by atoms with E-state index in [1.807, 2.05) is 30.3 Å². The van der Waals surface area contributed by atoms with Gasteiger partial charge >= 0.3 is 6.18 Å². The molecule has 0 fully saturated rings. The molecule has 1 unspecified atom stereocenters. The van der Waals surface area contributed by atoms with Gasteiger partial charge in [-0.1, -0.05) is 36.4 Å². The van der Waals surface area contributed by atoms with Gasteiger partial charge in [-0.3, -0.25) is 0 Å². The van der Waals surface area contributed by atoms with Crippen molar-refractivity contribution in [2.45, 2.75) is 31.7 Å². The summed E-state index contributed by atoms with van der Waals surface area (Å²) in [6, 6.07) is 9.32. The number of hydrogen-bond donors (Lipinski definition) is 0. The highest BCUT2D eigenvalue weighted by molar-refractivity contribution is 5.13. The molecule has 1 nitrogen and oxygen atoms in total. The molecule has 0 N–H and O–H groups in total. The molecule has 0 amide bonds. The Bertz CT molecular complexity index is 332. The van der Waals surface area contributed by atoms with Crippen molar-refractivity contribution in [1.29, 1.82) is 0 Å². The van der Waals surface area contributed by atoms with Crippen molar-refractivity contribution >= 4 is 0 Å². The van der Waals surface area contributed by atoms with E-state index in [2.05, 4.69) is 6.58 Å². The maximum Gasteiger partial charge on any atom is 0.389 e. The average molecular weight is 244 g/mol. The number of halogens is 3. The molecule has 0 aliphatic carbocycles. The molecule has 94 valence electrons. The van der Waals surface area contributed by atoms with Gasteiger partial charge in [-0.15, -0.1) is 6.58 Å². The molecule has 0 spiro atoms. The maximum atomic E-state index is 12.0. The van der Waals surface area contributed by atoms with E-state index in [-0.39, 0.29) is 6.42 Å². The summed E-state index contributed by atoms with van der Waals surface area (Å²) >= 11 is 0. The minimum Gasteiger partial charge on any atom is -0.369 e. The van der Waals surface area contributed by atoms with Crippen molar-refractivity contribution in [3.8, 4) is 0 Å². The van der Waals surface area contributed by atoms with E-state index in [1.165, 1.54) is 6.08 Å². The molecule has 0 saturated heterocycles. The van der Waals surface area contributed by atoms with Crippen LogP contribution in [0.15, 0.2) is 43.0 Å². The fourth-order valence-electron chi connectivity index (χ4n) is 1.35. The Morgan fingerprint density at radius 2 is 1.88 bits per heavy atom. The molecule has 0 saturated carbocycles. The first-order chi connectivity index (χ1) is 8.01. The molecule has 1 atom stereocenters. The van der Waals surface area contributed by atoms with Gasteiger partial charge in [0.25, 0.3) is 0 Å². The van der Waals surface area contributed by atoms with E-state index in [4.69, 9.17) is 4.74 Å². The molecule has 0 heterocycles. The highest BCUT2D eigenvalue weighted by Gasteiger charge is 2.27. The second-order valence-electron chi connectivity index (χ2n) is 3.72. The van der Waals surface area contributed by atoms with E-state index in [9.17, 15) is 13.2 Å². The van der Waals surface area contributed by atoms with Crippen LogP contribution >= 0.6 is 0 Å². The quantitative estimate of drug-likeness (QED) is 0.684. The first kappa shape index (κ1) is 13.8. The van der Waals surface area contributed by atoms with Crippen LogP contribution in [0, 0.1) is 0 Å². The Morgan fingerprint density at radius 3 is 2.41 bits per heavy atom. The summed E-state index contributed by atoms with van der Waals surface area (Å²) in [5.41, 5.74) is 0.936. The third-order valence-corrected chi connectivity index (χ3v) is 2.28. The molecule has 1 aromatic carbocycles. The minimum atomic E-state index is -4.14. The Labute approximate surface area is 98.9 Å². The molecule has 1 aromatic rings. The zero-order chi connectivity index (χ0) is 12.7. The van der Waals surface area contributed by atoms with E-state index in [0.717, 1.165) is 5.56 Å². The lowest BCUT2D eigenvalue weighted by atomic mass is 10.2. The van der Waals surface area contributed by atoms with Crippen molar-refractivity contribution in [3.63, 3.8) is 0 Å². The summed E-state index contributed by atoms with van der Waals surface area (Å²) in [4.78, 5) is 0. The first-order valence-corrected chi connectivity index (χ1v) is 5.36. The number of rotatable bonds is 6. The Morgan fingerprint density at radius 1 is 1.24 bits per heavy atom. The number of ether oxygens (including phenoxy) is 1. The molecule has 0 bridgehead atoms. The second kappa shape index (κ2) is 6.45. The van der Waals surface area contributed by atoms with Crippen LogP contribution in [0.1, 0.15) is 18.4 Å². The summed E-state index contributed by atoms with van der Waals surface area (Å²) < 4.78 is 41.4. The molecule has 17 heavy (non-hydrogen) atoms. The van der Waals surface area contributed by atoms with E-state index in [0.29, 0.717) is 6.61 Å². The fourth-order valence-corrected chi connectivity index (χ4v) is 1.35. The summed E-state index contributed by atoms with van der Waals surface area (Å²) in [5.74, 6) is 0. The average Bonchev–Trinajstić information content (AvgIpc) is 2.29. The van der Waals surface area contributed by atoms with Crippen LogP contribution < -0.4 is 0 Å². The van der Waals surface area contributed by atoms with Gasteiger partial charge in [0.05, 0.1) is 12.7 Å². The Kier molecular flexibility index (Phi) is 5.22. The molecule has 4 heteroatoms. The zero-order valence-corrected chi connectivity index (χ0v) is 9.41. The largest absolute Gasteiger partial charge is 0.389 e. The van der Waals surface area contributed by atoms with Gasteiger partial charge < -0.3 is 4.74 Å². The standard InChI is InChI=1S/C13H15F3O/c1-2-12(8-9-13(14,15)16)17-10-11-6-4-3-5-7-11/h2-7,12H,1,8-10H2. The molecule has 1 rings (SSSR count). The van der Waals surface area contributed by atoms with E-state index in [1.54, 1.807) is 0 Å². The number of hydrogen-bond acceptors (Lipinski definition) is 1. The first-order valence-electron chi connectivity index (χ1n) is 5.36. The van der Waals surface area contributed by atoms with Crippen molar-refractivity contribution in [3.05, 3.63) is 48.6 Å². The Balaban J connectivity index is 2.35. The summed E-state index contributed by atoms with van der Waals surface area (Å²) in [5, 5.41) is 0. The minimum absolute atomic E-state index is 0.0835. The number of benzene rings is 1. The van der Waals surface area contributed by atoms with Gasteiger partial charge in [0.15, 0.2) is 0 Å². The van der Waals surface area contributed by atoms with Crippen LogP contribution in [0.25, 0.3) is 0 Å². The second-order valence-corrected chi connectivity index (χ2v) is 3.72. The van der Waals surface area contributed by atoms with Gasteiger partial charge in [0.1, 0.15) is 0 Å².